The number of likely N-dealkylation sites (tertiary alicyclic amines) is 1. The monoisotopic (exact) mass is 371 g/mol. The van der Waals surface area contributed by atoms with Gasteiger partial charge >= 0.3 is 0 Å². The van der Waals surface area contributed by atoms with Crippen molar-refractivity contribution in [3.05, 3.63) is 18.0 Å². The number of Topliss-reactive ketones (excluding diaryl/α,β-unsaturated/α-hetero) is 1. The van der Waals surface area contributed by atoms with Gasteiger partial charge in [-0.25, -0.2) is 0 Å². The summed E-state index contributed by atoms with van der Waals surface area (Å²) in [4.78, 5) is 14.8. The third-order valence-corrected chi connectivity index (χ3v) is 7.51. The molecule has 1 aromatic heterocycles. The molecular weight excluding hydrogens is 334 g/mol. The zero-order valence-corrected chi connectivity index (χ0v) is 17.7. The molecule has 4 nitrogen and oxygen atoms in total. The maximum atomic E-state index is 12.1. The summed E-state index contributed by atoms with van der Waals surface area (Å²) in [6, 6.07) is 0.580. The van der Waals surface area contributed by atoms with Crippen molar-refractivity contribution in [2.24, 2.45) is 23.2 Å². The van der Waals surface area contributed by atoms with Crippen LogP contribution in [0.25, 0.3) is 0 Å². The summed E-state index contributed by atoms with van der Waals surface area (Å²) in [6.45, 7) is 12.3. The molecule has 1 aliphatic heterocycles. The van der Waals surface area contributed by atoms with Gasteiger partial charge in [0.2, 0.25) is 0 Å². The summed E-state index contributed by atoms with van der Waals surface area (Å²) in [7, 11) is 0. The predicted molar refractivity (Wildman–Crippen MR) is 109 cm³/mol. The molecule has 0 amide bonds. The van der Waals surface area contributed by atoms with E-state index in [9.17, 15) is 4.79 Å². The quantitative estimate of drug-likeness (QED) is 0.729. The van der Waals surface area contributed by atoms with E-state index in [2.05, 4.69) is 34.7 Å². The van der Waals surface area contributed by atoms with Gasteiger partial charge in [0.1, 0.15) is 5.78 Å². The highest BCUT2D eigenvalue weighted by Crippen LogP contribution is 2.61. The Morgan fingerprint density at radius 1 is 1.15 bits per heavy atom. The van der Waals surface area contributed by atoms with Crippen molar-refractivity contribution in [1.82, 2.24) is 14.7 Å². The first-order chi connectivity index (χ1) is 12.8. The van der Waals surface area contributed by atoms with E-state index in [0.717, 1.165) is 5.92 Å². The van der Waals surface area contributed by atoms with Crippen LogP contribution in [0, 0.1) is 23.2 Å². The van der Waals surface area contributed by atoms with E-state index < -0.39 is 0 Å². The van der Waals surface area contributed by atoms with E-state index in [4.69, 9.17) is 0 Å². The van der Waals surface area contributed by atoms with Gasteiger partial charge < -0.3 is 4.90 Å². The molecule has 0 N–H and O–H groups in total. The number of carbonyl (C=O) groups excluding carboxylic acids is 1. The van der Waals surface area contributed by atoms with Crippen LogP contribution in [0.2, 0.25) is 0 Å². The smallest absolute Gasteiger partial charge is 0.138 e. The maximum absolute atomic E-state index is 12.1. The molecule has 1 spiro atoms. The molecule has 2 saturated carbocycles. The van der Waals surface area contributed by atoms with Gasteiger partial charge in [0.05, 0.1) is 12.2 Å². The second-order valence-electron chi connectivity index (χ2n) is 10.4. The van der Waals surface area contributed by atoms with Gasteiger partial charge in [0.15, 0.2) is 0 Å². The van der Waals surface area contributed by atoms with Crippen molar-refractivity contribution >= 4 is 5.78 Å². The van der Waals surface area contributed by atoms with Crippen molar-refractivity contribution in [2.75, 3.05) is 19.6 Å². The first-order valence-electron chi connectivity index (χ1n) is 11.2. The van der Waals surface area contributed by atoms with Crippen molar-refractivity contribution in [2.45, 2.75) is 78.2 Å². The van der Waals surface area contributed by atoms with Crippen molar-refractivity contribution in [1.29, 1.82) is 0 Å². The highest BCUT2D eigenvalue weighted by Gasteiger charge is 2.54. The van der Waals surface area contributed by atoms with Crippen LogP contribution < -0.4 is 0 Å². The van der Waals surface area contributed by atoms with Crippen molar-refractivity contribution in [3.8, 4) is 0 Å². The summed E-state index contributed by atoms with van der Waals surface area (Å²) in [5.74, 6) is 2.54. The van der Waals surface area contributed by atoms with Crippen LogP contribution >= 0.6 is 0 Å². The van der Waals surface area contributed by atoms with E-state index in [1.807, 2.05) is 20.0 Å². The Kier molecular flexibility index (Phi) is 5.22. The van der Waals surface area contributed by atoms with E-state index in [1.165, 1.54) is 63.7 Å². The van der Waals surface area contributed by atoms with Crippen LogP contribution in [0.3, 0.4) is 0 Å². The second kappa shape index (κ2) is 7.35. The lowest BCUT2D eigenvalue weighted by atomic mass is 9.47. The molecule has 3 aliphatic rings. The Morgan fingerprint density at radius 2 is 1.81 bits per heavy atom. The van der Waals surface area contributed by atoms with Crippen molar-refractivity contribution in [3.63, 3.8) is 0 Å². The highest BCUT2D eigenvalue weighted by molar-refractivity contribution is 5.83. The molecule has 3 fully saturated rings. The molecule has 1 saturated heterocycles. The Balaban J connectivity index is 1.18. The topological polar surface area (TPSA) is 38.1 Å². The predicted octanol–water partition coefficient (Wildman–Crippen LogP) is 4.67. The number of piperidine rings is 1. The van der Waals surface area contributed by atoms with Crippen LogP contribution in [0.1, 0.15) is 83.7 Å². The lowest BCUT2D eigenvalue weighted by molar-refractivity contribution is -0.142. The summed E-state index contributed by atoms with van der Waals surface area (Å²) in [5, 5.41) is 4.62. The third kappa shape index (κ3) is 3.87. The van der Waals surface area contributed by atoms with E-state index >= 15 is 0 Å². The Labute approximate surface area is 164 Å². The summed E-state index contributed by atoms with van der Waals surface area (Å²) in [5.41, 5.74) is 1.91. The Hall–Kier alpha value is -1.16. The lowest BCUT2D eigenvalue weighted by Gasteiger charge is -2.58. The van der Waals surface area contributed by atoms with Crippen LogP contribution in [-0.2, 0) is 4.79 Å². The first kappa shape index (κ1) is 19.2. The van der Waals surface area contributed by atoms with Crippen LogP contribution in [0.5, 0.6) is 0 Å². The number of hydrogen-bond donors (Lipinski definition) is 0. The summed E-state index contributed by atoms with van der Waals surface area (Å²) < 4.78 is 2.21. The van der Waals surface area contributed by atoms with Gasteiger partial charge in [-0.2, -0.15) is 5.10 Å². The molecule has 0 atom stereocenters. The fraction of sp³-hybridized carbons (Fsp3) is 0.826. The average molecular weight is 372 g/mol. The minimum absolute atomic E-state index is 0.218. The van der Waals surface area contributed by atoms with Gasteiger partial charge in [-0.3, -0.25) is 9.48 Å². The first-order valence-corrected chi connectivity index (χ1v) is 11.2. The van der Waals surface area contributed by atoms with Gasteiger partial charge in [-0.15, -0.1) is 0 Å². The molecule has 0 bridgehead atoms. The normalized spacial score (nSPS) is 32.1. The summed E-state index contributed by atoms with van der Waals surface area (Å²) >= 11 is 0. The molecule has 4 heteroatoms. The fourth-order valence-electron chi connectivity index (χ4n) is 5.87. The van der Waals surface area contributed by atoms with E-state index in [1.54, 1.807) is 0 Å². The van der Waals surface area contributed by atoms with Crippen LogP contribution in [0.15, 0.2) is 12.4 Å². The molecular formula is C23H37N3O. The van der Waals surface area contributed by atoms with E-state index in [-0.39, 0.29) is 5.92 Å². The van der Waals surface area contributed by atoms with Crippen LogP contribution in [-0.4, -0.2) is 40.1 Å². The number of carbonyl (C=O) groups is 1. The molecule has 150 valence electrons. The lowest BCUT2D eigenvalue weighted by Crippen LogP contribution is -2.53. The zero-order chi connectivity index (χ0) is 19.2. The SMILES string of the molecule is CC(C)C(=O)C1CC2(CC(CN3CCC(n4cc(C(C)C)cn4)CC3)C2)C1. The Bertz CT molecular complexity index is 655. The number of nitrogens with zero attached hydrogens (tertiary/aromatic N) is 3. The van der Waals surface area contributed by atoms with Gasteiger partial charge in [-0.1, -0.05) is 27.7 Å². The molecule has 2 aliphatic carbocycles. The molecule has 0 aromatic carbocycles. The number of ketones is 1. The van der Waals surface area contributed by atoms with E-state index in [0.29, 0.717) is 29.1 Å². The molecule has 2 heterocycles. The average Bonchev–Trinajstić information content (AvgIpc) is 3.06. The number of rotatable bonds is 6. The standard InChI is InChI=1S/C23H37N3O/c1-16(2)20-13-24-26(15-20)21-5-7-25(8-6-21)14-18-9-23(10-18)11-19(12-23)22(27)17(3)4/h13,15-19,21H,5-12,14H2,1-4H3. The largest absolute Gasteiger partial charge is 0.303 e. The molecule has 1 aromatic rings. The van der Waals surface area contributed by atoms with Crippen LogP contribution in [0.4, 0.5) is 0 Å². The third-order valence-electron chi connectivity index (χ3n) is 7.51. The summed E-state index contributed by atoms with van der Waals surface area (Å²) in [6.07, 6.45) is 11.8. The minimum Gasteiger partial charge on any atom is -0.303 e. The minimum atomic E-state index is 0.218. The van der Waals surface area contributed by atoms with Gasteiger partial charge in [0, 0.05) is 37.7 Å². The fourth-order valence-corrected chi connectivity index (χ4v) is 5.87. The highest BCUT2D eigenvalue weighted by atomic mass is 16.1. The van der Waals surface area contributed by atoms with Crippen molar-refractivity contribution < 1.29 is 4.79 Å². The maximum Gasteiger partial charge on any atom is 0.138 e. The molecule has 0 radical (unpaired) electrons. The van der Waals surface area contributed by atoms with Gasteiger partial charge in [0.25, 0.3) is 0 Å². The second-order valence-corrected chi connectivity index (χ2v) is 10.4. The molecule has 0 unspecified atom stereocenters. The number of hydrogen-bond acceptors (Lipinski definition) is 3. The molecule has 4 rings (SSSR count). The van der Waals surface area contributed by atoms with Gasteiger partial charge in [-0.05, 0) is 61.3 Å². The Morgan fingerprint density at radius 3 is 2.37 bits per heavy atom. The zero-order valence-electron chi connectivity index (χ0n) is 17.7. The molecule has 27 heavy (non-hydrogen) atoms. The number of aromatic nitrogens is 2.